The van der Waals surface area contributed by atoms with Crippen molar-refractivity contribution < 1.29 is 24.2 Å². The molecule has 0 saturated carbocycles. The molecule has 0 fully saturated rings. The standard InChI is InChI=1S/C15H21NO5/c1-4-11(8-15(18)19)16-14(17)7-10-5-6-12(20-2)9-13(10)21-3/h5-6,9,11H,4,7-8H2,1-3H3,(H,16,17)(H,18,19). The molecular formula is C15H21NO5. The van der Waals surface area contributed by atoms with E-state index in [-0.39, 0.29) is 24.8 Å². The summed E-state index contributed by atoms with van der Waals surface area (Å²) in [6, 6.07) is 4.85. The molecule has 0 spiro atoms. The van der Waals surface area contributed by atoms with E-state index < -0.39 is 5.97 Å². The van der Waals surface area contributed by atoms with Crippen molar-refractivity contribution in [3.8, 4) is 11.5 Å². The van der Waals surface area contributed by atoms with Crippen LogP contribution in [-0.4, -0.2) is 37.2 Å². The summed E-state index contributed by atoms with van der Waals surface area (Å²) in [6.45, 7) is 1.84. The SMILES string of the molecule is CCC(CC(=O)O)NC(=O)Cc1ccc(OC)cc1OC. The zero-order valence-electron chi connectivity index (χ0n) is 12.5. The minimum atomic E-state index is -0.927. The first-order valence-corrected chi connectivity index (χ1v) is 6.72. The fraction of sp³-hybridized carbons (Fsp3) is 0.467. The molecular weight excluding hydrogens is 274 g/mol. The van der Waals surface area contributed by atoms with Crippen molar-refractivity contribution in [3.05, 3.63) is 23.8 Å². The first-order valence-electron chi connectivity index (χ1n) is 6.72. The number of carbonyl (C=O) groups is 2. The van der Waals surface area contributed by atoms with Gasteiger partial charge in [-0.1, -0.05) is 13.0 Å². The molecule has 116 valence electrons. The third-order valence-electron chi connectivity index (χ3n) is 3.12. The molecule has 1 aromatic rings. The van der Waals surface area contributed by atoms with Crippen molar-refractivity contribution in [1.82, 2.24) is 5.32 Å². The molecule has 0 aliphatic carbocycles. The van der Waals surface area contributed by atoms with Gasteiger partial charge >= 0.3 is 5.97 Å². The molecule has 0 radical (unpaired) electrons. The molecule has 1 rings (SSSR count). The van der Waals surface area contributed by atoms with Crippen molar-refractivity contribution in [2.75, 3.05) is 14.2 Å². The predicted octanol–water partition coefficient (Wildman–Crippen LogP) is 1.62. The monoisotopic (exact) mass is 295 g/mol. The number of carbonyl (C=O) groups excluding carboxylic acids is 1. The molecule has 0 aromatic heterocycles. The zero-order valence-corrected chi connectivity index (χ0v) is 12.5. The van der Waals surface area contributed by atoms with Crippen LogP contribution in [0.5, 0.6) is 11.5 Å². The Morgan fingerprint density at radius 2 is 2.00 bits per heavy atom. The molecule has 1 atom stereocenters. The van der Waals surface area contributed by atoms with Crippen molar-refractivity contribution in [1.29, 1.82) is 0 Å². The predicted molar refractivity (Wildman–Crippen MR) is 77.7 cm³/mol. The van der Waals surface area contributed by atoms with Crippen LogP contribution in [0.4, 0.5) is 0 Å². The third kappa shape index (κ3) is 5.33. The van der Waals surface area contributed by atoms with E-state index in [4.69, 9.17) is 14.6 Å². The lowest BCUT2D eigenvalue weighted by Crippen LogP contribution is -2.37. The molecule has 1 amide bonds. The zero-order chi connectivity index (χ0) is 15.8. The number of nitrogens with one attached hydrogen (secondary N) is 1. The Bertz CT molecular complexity index is 501. The van der Waals surface area contributed by atoms with Crippen molar-refractivity contribution in [2.24, 2.45) is 0 Å². The van der Waals surface area contributed by atoms with E-state index in [0.29, 0.717) is 17.9 Å². The van der Waals surface area contributed by atoms with Gasteiger partial charge in [-0.25, -0.2) is 0 Å². The van der Waals surface area contributed by atoms with Gasteiger partial charge in [-0.3, -0.25) is 9.59 Å². The van der Waals surface area contributed by atoms with Gasteiger partial charge in [0, 0.05) is 17.7 Å². The highest BCUT2D eigenvalue weighted by atomic mass is 16.5. The Kier molecular flexibility index (Phi) is 6.52. The van der Waals surface area contributed by atoms with Crippen LogP contribution in [0, 0.1) is 0 Å². The fourth-order valence-corrected chi connectivity index (χ4v) is 1.96. The van der Waals surface area contributed by atoms with E-state index >= 15 is 0 Å². The molecule has 0 aliphatic rings. The van der Waals surface area contributed by atoms with Crippen LogP contribution in [0.3, 0.4) is 0 Å². The number of methoxy groups -OCH3 is 2. The normalized spacial score (nSPS) is 11.6. The van der Waals surface area contributed by atoms with Crippen LogP contribution in [0.1, 0.15) is 25.3 Å². The molecule has 1 aromatic carbocycles. The number of rotatable bonds is 8. The van der Waals surface area contributed by atoms with Crippen molar-refractivity contribution >= 4 is 11.9 Å². The Morgan fingerprint density at radius 3 is 2.52 bits per heavy atom. The topological polar surface area (TPSA) is 84.9 Å². The maximum atomic E-state index is 12.0. The number of benzene rings is 1. The van der Waals surface area contributed by atoms with Gasteiger partial charge in [0.2, 0.25) is 5.91 Å². The largest absolute Gasteiger partial charge is 0.497 e. The van der Waals surface area contributed by atoms with Crippen molar-refractivity contribution in [2.45, 2.75) is 32.2 Å². The van der Waals surface area contributed by atoms with E-state index in [1.165, 1.54) is 7.11 Å². The Balaban J connectivity index is 2.71. The number of hydrogen-bond acceptors (Lipinski definition) is 4. The number of carboxylic acids is 1. The molecule has 21 heavy (non-hydrogen) atoms. The Morgan fingerprint density at radius 1 is 1.29 bits per heavy atom. The van der Waals surface area contributed by atoms with Crippen LogP contribution in [0.2, 0.25) is 0 Å². The van der Waals surface area contributed by atoms with E-state index in [2.05, 4.69) is 5.32 Å². The van der Waals surface area contributed by atoms with Gasteiger partial charge in [0.25, 0.3) is 0 Å². The summed E-state index contributed by atoms with van der Waals surface area (Å²) in [6.07, 6.45) is 0.614. The first-order chi connectivity index (χ1) is 9.99. The maximum absolute atomic E-state index is 12.0. The second-order valence-corrected chi connectivity index (χ2v) is 4.63. The summed E-state index contributed by atoms with van der Waals surface area (Å²) in [4.78, 5) is 22.7. The summed E-state index contributed by atoms with van der Waals surface area (Å²) < 4.78 is 10.3. The number of aliphatic carboxylic acids is 1. The number of amides is 1. The summed E-state index contributed by atoms with van der Waals surface area (Å²) in [5.74, 6) is 0.0554. The lowest BCUT2D eigenvalue weighted by molar-refractivity contribution is -0.137. The van der Waals surface area contributed by atoms with Gasteiger partial charge in [0.1, 0.15) is 11.5 Å². The molecule has 0 aliphatic heterocycles. The lowest BCUT2D eigenvalue weighted by atomic mass is 10.1. The average molecular weight is 295 g/mol. The highest BCUT2D eigenvalue weighted by Gasteiger charge is 2.16. The third-order valence-corrected chi connectivity index (χ3v) is 3.12. The molecule has 6 heteroatoms. The van der Waals surface area contributed by atoms with Gasteiger partial charge < -0.3 is 19.9 Å². The van der Waals surface area contributed by atoms with Crippen LogP contribution < -0.4 is 14.8 Å². The smallest absolute Gasteiger partial charge is 0.305 e. The van der Waals surface area contributed by atoms with E-state index in [1.54, 1.807) is 25.3 Å². The minimum absolute atomic E-state index is 0.0814. The first kappa shape index (κ1) is 16.8. The van der Waals surface area contributed by atoms with E-state index in [9.17, 15) is 9.59 Å². The molecule has 6 nitrogen and oxygen atoms in total. The Labute approximate surface area is 124 Å². The average Bonchev–Trinajstić information content (AvgIpc) is 2.46. The summed E-state index contributed by atoms with van der Waals surface area (Å²) in [5.41, 5.74) is 0.723. The molecule has 0 saturated heterocycles. The molecule has 0 heterocycles. The van der Waals surface area contributed by atoms with E-state index in [0.717, 1.165) is 5.56 Å². The van der Waals surface area contributed by atoms with Crippen LogP contribution in [0.15, 0.2) is 18.2 Å². The van der Waals surface area contributed by atoms with Crippen LogP contribution >= 0.6 is 0 Å². The van der Waals surface area contributed by atoms with Gasteiger partial charge in [-0.2, -0.15) is 0 Å². The van der Waals surface area contributed by atoms with Crippen LogP contribution in [0.25, 0.3) is 0 Å². The van der Waals surface area contributed by atoms with Gasteiger partial charge in [-0.15, -0.1) is 0 Å². The van der Waals surface area contributed by atoms with E-state index in [1.807, 2.05) is 6.92 Å². The molecule has 0 bridgehead atoms. The van der Waals surface area contributed by atoms with Crippen LogP contribution in [-0.2, 0) is 16.0 Å². The summed E-state index contributed by atoms with van der Waals surface area (Å²) in [7, 11) is 3.08. The Hall–Kier alpha value is -2.24. The quantitative estimate of drug-likeness (QED) is 0.761. The van der Waals surface area contributed by atoms with Gasteiger partial charge in [0.15, 0.2) is 0 Å². The second-order valence-electron chi connectivity index (χ2n) is 4.63. The second kappa shape index (κ2) is 8.14. The van der Waals surface area contributed by atoms with Gasteiger partial charge in [-0.05, 0) is 12.5 Å². The number of ether oxygens (including phenoxy) is 2. The molecule has 2 N–H and O–H groups in total. The van der Waals surface area contributed by atoms with Gasteiger partial charge in [0.05, 0.1) is 27.1 Å². The summed E-state index contributed by atoms with van der Waals surface area (Å²) >= 11 is 0. The van der Waals surface area contributed by atoms with Crippen molar-refractivity contribution in [3.63, 3.8) is 0 Å². The highest BCUT2D eigenvalue weighted by molar-refractivity contribution is 5.80. The number of carboxylic acid groups (broad SMARTS) is 1. The minimum Gasteiger partial charge on any atom is -0.497 e. The maximum Gasteiger partial charge on any atom is 0.305 e. The fourth-order valence-electron chi connectivity index (χ4n) is 1.96. The number of hydrogen-bond donors (Lipinski definition) is 2. The lowest BCUT2D eigenvalue weighted by Gasteiger charge is -2.16. The highest BCUT2D eigenvalue weighted by Crippen LogP contribution is 2.24. The summed E-state index contributed by atoms with van der Waals surface area (Å²) in [5, 5.41) is 11.5. The molecule has 1 unspecified atom stereocenters.